The minimum absolute atomic E-state index is 0.445. The summed E-state index contributed by atoms with van der Waals surface area (Å²) in [4.78, 5) is 0. The zero-order valence-corrected chi connectivity index (χ0v) is 5.35. The minimum atomic E-state index is -1.03. The first-order valence-corrected chi connectivity index (χ1v) is 2.60. The van der Waals surface area contributed by atoms with Crippen LogP contribution in [0, 0.1) is 0 Å². The predicted octanol–water partition coefficient (Wildman–Crippen LogP) is -0.310. The van der Waals surface area contributed by atoms with Crippen LogP contribution in [0.15, 0.2) is 0 Å². The zero-order valence-electron chi connectivity index (χ0n) is 5.35. The average molecular weight is 119 g/mol. The van der Waals surface area contributed by atoms with Gasteiger partial charge in [-0.3, -0.25) is 0 Å². The topological polar surface area (TPSA) is 55.5 Å². The van der Waals surface area contributed by atoms with Crippen LogP contribution < -0.4 is 5.73 Å². The molecule has 0 amide bonds. The van der Waals surface area contributed by atoms with Crippen LogP contribution in [-0.4, -0.2) is 24.5 Å². The van der Waals surface area contributed by atoms with Crippen molar-refractivity contribution in [1.82, 2.24) is 0 Å². The van der Waals surface area contributed by atoms with Crippen molar-refractivity contribution in [2.45, 2.75) is 19.1 Å². The molecule has 0 heterocycles. The maximum absolute atomic E-state index is 9.02. The summed E-state index contributed by atoms with van der Waals surface area (Å²) in [5, 5.41) is 9.02. The highest BCUT2D eigenvalue weighted by Crippen LogP contribution is 2.06. The maximum atomic E-state index is 9.02. The van der Waals surface area contributed by atoms with Gasteiger partial charge < -0.3 is 15.6 Å². The summed E-state index contributed by atoms with van der Waals surface area (Å²) in [5.41, 5.74) is 5.15. The smallest absolute Gasteiger partial charge is 0.163 e. The lowest BCUT2D eigenvalue weighted by atomic mass is 10.2. The van der Waals surface area contributed by atoms with Crippen molar-refractivity contribution < 1.29 is 9.84 Å². The first-order valence-electron chi connectivity index (χ1n) is 2.60. The highest BCUT2D eigenvalue weighted by Gasteiger charge is 2.16. The molecule has 1 unspecified atom stereocenters. The Labute approximate surface area is 49.4 Å². The van der Waals surface area contributed by atoms with E-state index in [1.165, 1.54) is 7.11 Å². The number of aliphatic hydroxyl groups is 1. The fraction of sp³-hybridized carbons (Fsp3) is 1.00. The molecule has 3 heteroatoms. The average Bonchev–Trinajstić information content (AvgIpc) is 1.67. The summed E-state index contributed by atoms with van der Waals surface area (Å²) in [5.74, 6) is -1.03. The summed E-state index contributed by atoms with van der Waals surface area (Å²) in [6, 6.07) is 0. The second-order valence-corrected chi connectivity index (χ2v) is 1.92. The first-order chi connectivity index (χ1) is 3.62. The standard InChI is InChI=1S/C5H13NO2/c1-5(7,8-2)3-4-6/h7H,3-4,6H2,1-2H3. The highest BCUT2D eigenvalue weighted by atomic mass is 16.6. The third-order valence-electron chi connectivity index (χ3n) is 1.05. The zero-order chi connectivity index (χ0) is 6.62. The molecule has 0 aromatic rings. The molecule has 8 heavy (non-hydrogen) atoms. The van der Waals surface area contributed by atoms with E-state index in [9.17, 15) is 0 Å². The molecule has 0 aliphatic carbocycles. The van der Waals surface area contributed by atoms with Crippen LogP contribution >= 0.6 is 0 Å². The Morgan fingerprint density at radius 3 is 2.38 bits per heavy atom. The Bertz CT molecular complexity index is 63.4. The molecule has 3 nitrogen and oxygen atoms in total. The van der Waals surface area contributed by atoms with Gasteiger partial charge in [0.15, 0.2) is 5.79 Å². The van der Waals surface area contributed by atoms with Gasteiger partial charge in [0, 0.05) is 13.5 Å². The Hall–Kier alpha value is -0.120. The van der Waals surface area contributed by atoms with E-state index in [1.54, 1.807) is 6.92 Å². The number of rotatable bonds is 3. The van der Waals surface area contributed by atoms with Crippen LogP contribution in [0.4, 0.5) is 0 Å². The molecule has 0 saturated heterocycles. The molecule has 0 bridgehead atoms. The molecule has 0 spiro atoms. The minimum Gasteiger partial charge on any atom is -0.366 e. The number of methoxy groups -OCH3 is 1. The van der Waals surface area contributed by atoms with Crippen LogP contribution in [0.3, 0.4) is 0 Å². The van der Waals surface area contributed by atoms with Crippen molar-refractivity contribution >= 4 is 0 Å². The van der Waals surface area contributed by atoms with Gasteiger partial charge >= 0.3 is 0 Å². The van der Waals surface area contributed by atoms with Crippen molar-refractivity contribution in [3.05, 3.63) is 0 Å². The van der Waals surface area contributed by atoms with Crippen molar-refractivity contribution in [3.63, 3.8) is 0 Å². The van der Waals surface area contributed by atoms with E-state index >= 15 is 0 Å². The number of hydrogen-bond acceptors (Lipinski definition) is 3. The molecule has 3 N–H and O–H groups in total. The molecular formula is C5H13NO2. The van der Waals surface area contributed by atoms with Crippen LogP contribution in [0.5, 0.6) is 0 Å². The molecule has 0 fully saturated rings. The summed E-state index contributed by atoms with van der Waals surface area (Å²) >= 11 is 0. The lowest BCUT2D eigenvalue weighted by Gasteiger charge is -2.19. The van der Waals surface area contributed by atoms with Crippen LogP contribution in [-0.2, 0) is 4.74 Å². The second-order valence-electron chi connectivity index (χ2n) is 1.92. The quantitative estimate of drug-likeness (QED) is 0.501. The van der Waals surface area contributed by atoms with Crippen molar-refractivity contribution in [1.29, 1.82) is 0 Å². The van der Waals surface area contributed by atoms with E-state index < -0.39 is 5.79 Å². The van der Waals surface area contributed by atoms with Crippen molar-refractivity contribution in [2.75, 3.05) is 13.7 Å². The van der Waals surface area contributed by atoms with Gasteiger partial charge in [-0.1, -0.05) is 0 Å². The monoisotopic (exact) mass is 119 g/mol. The molecule has 0 radical (unpaired) electrons. The van der Waals surface area contributed by atoms with Crippen LogP contribution in [0.25, 0.3) is 0 Å². The highest BCUT2D eigenvalue weighted by molar-refractivity contribution is 4.57. The van der Waals surface area contributed by atoms with E-state index in [0.717, 1.165) is 0 Å². The van der Waals surface area contributed by atoms with Crippen LogP contribution in [0.2, 0.25) is 0 Å². The van der Waals surface area contributed by atoms with Crippen molar-refractivity contribution in [3.8, 4) is 0 Å². The summed E-state index contributed by atoms with van der Waals surface area (Å²) in [6.45, 7) is 2.03. The Kier molecular flexibility index (Phi) is 2.97. The van der Waals surface area contributed by atoms with Gasteiger partial charge in [0.05, 0.1) is 0 Å². The lowest BCUT2D eigenvalue weighted by molar-refractivity contribution is -0.172. The molecule has 0 aliphatic heterocycles. The maximum Gasteiger partial charge on any atom is 0.163 e. The summed E-state index contributed by atoms with van der Waals surface area (Å²) < 4.78 is 4.65. The lowest BCUT2D eigenvalue weighted by Crippen LogP contribution is -2.29. The Morgan fingerprint density at radius 2 is 2.25 bits per heavy atom. The molecule has 1 atom stereocenters. The summed E-state index contributed by atoms with van der Waals surface area (Å²) in [6.07, 6.45) is 0.476. The number of hydrogen-bond donors (Lipinski definition) is 2. The normalized spacial score (nSPS) is 18.0. The van der Waals surface area contributed by atoms with Gasteiger partial charge in [0.2, 0.25) is 0 Å². The van der Waals surface area contributed by atoms with E-state index in [4.69, 9.17) is 10.8 Å². The van der Waals surface area contributed by atoms with Gasteiger partial charge in [-0.05, 0) is 13.5 Å². The first kappa shape index (κ1) is 7.88. The van der Waals surface area contributed by atoms with Gasteiger partial charge in [0.1, 0.15) is 0 Å². The fourth-order valence-electron chi connectivity index (χ4n) is 0.370. The number of nitrogens with two attached hydrogens (primary N) is 1. The second kappa shape index (κ2) is 3.02. The molecule has 0 rings (SSSR count). The predicted molar refractivity (Wildman–Crippen MR) is 31.3 cm³/mol. The van der Waals surface area contributed by atoms with E-state index in [2.05, 4.69) is 4.74 Å². The molecule has 50 valence electrons. The molecule has 0 aliphatic rings. The van der Waals surface area contributed by atoms with Gasteiger partial charge in [-0.25, -0.2) is 0 Å². The largest absolute Gasteiger partial charge is 0.366 e. The van der Waals surface area contributed by atoms with Crippen molar-refractivity contribution in [2.24, 2.45) is 5.73 Å². The number of ether oxygens (including phenoxy) is 1. The van der Waals surface area contributed by atoms with Gasteiger partial charge in [-0.15, -0.1) is 0 Å². The SMILES string of the molecule is COC(C)(O)CCN. The van der Waals surface area contributed by atoms with Gasteiger partial charge in [0.25, 0.3) is 0 Å². The third-order valence-corrected chi connectivity index (χ3v) is 1.05. The van der Waals surface area contributed by atoms with Gasteiger partial charge in [-0.2, -0.15) is 0 Å². The van der Waals surface area contributed by atoms with E-state index in [-0.39, 0.29) is 0 Å². The molecule has 0 aromatic heterocycles. The third kappa shape index (κ3) is 2.96. The summed E-state index contributed by atoms with van der Waals surface area (Å²) in [7, 11) is 1.45. The Morgan fingerprint density at radius 1 is 1.75 bits per heavy atom. The van der Waals surface area contributed by atoms with E-state index in [0.29, 0.717) is 13.0 Å². The van der Waals surface area contributed by atoms with E-state index in [1.807, 2.05) is 0 Å². The molecular weight excluding hydrogens is 106 g/mol. The van der Waals surface area contributed by atoms with Crippen LogP contribution in [0.1, 0.15) is 13.3 Å². The Balaban J connectivity index is 3.37. The fourth-order valence-corrected chi connectivity index (χ4v) is 0.370. The molecule has 0 aromatic carbocycles. The molecule has 0 saturated carbocycles.